The second-order valence-electron chi connectivity index (χ2n) is 33.7. The number of Topliss-reactive ketones (excluding diaryl/α,β-unsaturated/α-hetero) is 4. The quantitative estimate of drug-likeness (QED) is 0.0632. The van der Waals surface area contributed by atoms with Gasteiger partial charge >= 0.3 is 19.3 Å². The molecule has 0 radical (unpaired) electrons. The van der Waals surface area contributed by atoms with Crippen LogP contribution in [0.4, 0.5) is 9.59 Å². The van der Waals surface area contributed by atoms with Crippen molar-refractivity contribution in [1.29, 1.82) is 0 Å². The van der Waals surface area contributed by atoms with Crippen molar-refractivity contribution in [1.82, 2.24) is 55.0 Å². The van der Waals surface area contributed by atoms with Gasteiger partial charge in [0.25, 0.3) is 0 Å². The van der Waals surface area contributed by atoms with Crippen LogP contribution in [0.2, 0.25) is 0 Å². The third-order valence-corrected chi connectivity index (χ3v) is 22.5. The molecule has 664 valence electrons. The fourth-order valence-corrected chi connectivity index (χ4v) is 14.4. The predicted molar refractivity (Wildman–Crippen MR) is 497 cm³/mol. The van der Waals surface area contributed by atoms with E-state index in [9.17, 15) is 28.8 Å². The molecule has 28 heteroatoms. The first-order valence-electron chi connectivity index (χ1n) is 42.3. The molecule has 4 aliphatic heterocycles. The maximum atomic E-state index is 12.6. The van der Waals surface area contributed by atoms with Gasteiger partial charge in [-0.3, -0.25) is 59.0 Å². The SMILES string of the molecule is CC(=O)c1ccc(O)c(Br)c1.CC(=O)c1ccc(OCc2cnccn2)c(-c2ccc3c(c2)CCN(C(=O)OC(C)(C)C)CC3)c1.CC(=O)c1ccc(OCc2cnccn2)c(-c2ccc3c(c2)CCNCC3)c1.CC(=O)c1ccc(OCc2cnccn2)c(Br)c1.CC(C)(C)OC(=O)N1CCc2ccc(B3OC(C)(C)C(C)(C)O3)cc2CC1.CCc1cnccn1. The van der Waals surface area contributed by atoms with E-state index in [1.54, 1.807) is 134 Å². The molecule has 0 saturated carbocycles. The van der Waals surface area contributed by atoms with E-state index in [1.165, 1.54) is 53.3 Å². The van der Waals surface area contributed by atoms with Crippen molar-refractivity contribution in [2.24, 2.45) is 0 Å². The van der Waals surface area contributed by atoms with E-state index in [2.05, 4.69) is 166 Å². The first-order valence-corrected chi connectivity index (χ1v) is 43.9. The minimum absolute atomic E-state index is 0.00510. The van der Waals surface area contributed by atoms with E-state index in [1.807, 2.05) is 71.9 Å². The van der Waals surface area contributed by atoms with Gasteiger partial charge in [-0.15, -0.1) is 0 Å². The molecule has 4 aliphatic rings. The highest BCUT2D eigenvalue weighted by Gasteiger charge is 2.52. The summed E-state index contributed by atoms with van der Waals surface area (Å²) in [5.41, 5.74) is 16.7. The van der Waals surface area contributed by atoms with Crippen molar-refractivity contribution >= 4 is 79.8 Å². The lowest BCUT2D eigenvalue weighted by Crippen LogP contribution is -2.41. The summed E-state index contributed by atoms with van der Waals surface area (Å²) in [5.74, 6) is 2.28. The summed E-state index contributed by atoms with van der Waals surface area (Å²) in [7, 11) is -0.356. The van der Waals surface area contributed by atoms with E-state index in [4.69, 9.17) is 38.1 Å². The van der Waals surface area contributed by atoms with Gasteiger partial charge < -0.3 is 53.2 Å². The van der Waals surface area contributed by atoms with Crippen LogP contribution in [-0.4, -0.2) is 159 Å². The van der Waals surface area contributed by atoms with Crippen LogP contribution in [0.3, 0.4) is 0 Å². The average Bonchev–Trinajstić information content (AvgIpc) is 1.63. The Kier molecular flexibility index (Phi) is 34.9. The summed E-state index contributed by atoms with van der Waals surface area (Å²) in [6.45, 7) is 33.3. The average molecular weight is 1850 g/mol. The second-order valence-corrected chi connectivity index (χ2v) is 35.4. The van der Waals surface area contributed by atoms with Crippen molar-refractivity contribution in [3.05, 3.63) is 289 Å². The van der Waals surface area contributed by atoms with Crippen LogP contribution in [0.1, 0.15) is 201 Å². The molecule has 0 bridgehead atoms. The Balaban J connectivity index is 0.000000167. The van der Waals surface area contributed by atoms with Crippen LogP contribution >= 0.6 is 31.9 Å². The van der Waals surface area contributed by atoms with Crippen molar-refractivity contribution in [3.63, 3.8) is 0 Å². The number of carbonyl (C=O) groups excluding carboxylic acids is 6. The van der Waals surface area contributed by atoms with Crippen LogP contribution < -0.4 is 25.0 Å². The Labute approximate surface area is 761 Å². The number of carbonyl (C=O) groups is 6. The predicted octanol–water partition coefficient (Wildman–Crippen LogP) is 18.6. The fraction of sp³-hybridized carbons (Fsp3) is 0.354. The molecule has 0 atom stereocenters. The van der Waals surface area contributed by atoms with E-state index in [-0.39, 0.29) is 66.0 Å². The number of ketones is 4. The van der Waals surface area contributed by atoms with Crippen molar-refractivity contribution in [2.75, 3.05) is 39.3 Å². The van der Waals surface area contributed by atoms with Gasteiger partial charge in [0.05, 0.1) is 61.5 Å². The molecule has 0 spiro atoms. The molecule has 0 unspecified atom stereocenters. The van der Waals surface area contributed by atoms with Crippen molar-refractivity contribution in [2.45, 2.75) is 191 Å². The van der Waals surface area contributed by atoms with Gasteiger partial charge in [-0.25, -0.2) is 9.59 Å². The zero-order chi connectivity index (χ0) is 91.6. The molecule has 7 aromatic carbocycles. The zero-order valence-corrected chi connectivity index (χ0v) is 78.1. The van der Waals surface area contributed by atoms with Crippen molar-refractivity contribution in [3.8, 4) is 45.3 Å². The molecule has 4 aromatic heterocycles. The highest BCUT2D eigenvalue weighted by Crippen LogP contribution is 2.39. The second kappa shape index (κ2) is 45.6. The highest BCUT2D eigenvalue weighted by atomic mass is 79.9. The summed E-state index contributed by atoms with van der Waals surface area (Å²) >= 11 is 6.49. The first kappa shape index (κ1) is 97.4. The van der Waals surface area contributed by atoms with Crippen molar-refractivity contribution < 1.29 is 66.9 Å². The molecule has 8 heterocycles. The van der Waals surface area contributed by atoms with Crippen LogP contribution in [-0.2, 0) is 83.5 Å². The van der Waals surface area contributed by atoms with Gasteiger partial charge in [0, 0.05) is 115 Å². The molecule has 25 nitrogen and oxygen atoms in total. The van der Waals surface area contributed by atoms with Crippen LogP contribution in [0, 0.1) is 0 Å². The molecule has 1 fully saturated rings. The number of benzene rings is 7. The number of fused-ring (bicyclic) bond motifs is 3. The topological polar surface area (TPSA) is 309 Å². The Bertz CT molecular complexity index is 5570. The Morgan fingerprint density at radius 1 is 0.425 bits per heavy atom. The lowest BCUT2D eigenvalue weighted by molar-refractivity contribution is 0.00578. The number of hydrogen-bond acceptors (Lipinski definition) is 23. The molecule has 1 saturated heterocycles. The number of aryl methyl sites for hydroxylation is 1. The van der Waals surface area contributed by atoms with E-state index < -0.39 is 11.2 Å². The summed E-state index contributed by atoms with van der Waals surface area (Å²) in [6.07, 6.45) is 25.6. The number of hydrogen-bond donors (Lipinski definition) is 2. The fourth-order valence-electron chi connectivity index (χ4n) is 13.6. The van der Waals surface area contributed by atoms with Gasteiger partial charge in [-0.1, -0.05) is 61.5 Å². The van der Waals surface area contributed by atoms with E-state index >= 15 is 0 Å². The third-order valence-electron chi connectivity index (χ3n) is 21.3. The number of nitrogens with zero attached hydrogens (tertiary/aromatic N) is 10. The minimum Gasteiger partial charge on any atom is -0.507 e. The number of nitrogens with one attached hydrogen (secondary N) is 1. The number of phenolic OH excluding ortho intramolecular Hbond substituents is 1. The Hall–Kier alpha value is -11.8. The standard InChI is InChI=1S/C28H31N3O4.C23H23N3O2.C21H32BNO4.C13H11BrN2O2.C8H7BrO2.C6H8N2/c1-19(32)21-7-8-26(34-18-24-17-29-11-12-30-24)25(16-21)23-6-5-20-9-13-31(14-10-22(20)15-23)27(33)35-28(2,3)4;1-16(27)18-4-5-23(28-15-21-14-25-10-11-26-21)22(13-18)20-3-2-17-6-8-24-9-7-19(17)12-20;1-19(2,3)25-18(24)23-12-10-15-8-9-17(14-16(15)11-13-23)22-26-20(4,5)21(6,7)27-22;1-9(17)10-2-3-13(12(14)6-10)18-8-11-7-15-4-5-16-11;1-5(10)6-2-3-8(11)7(9)4-6;1-2-6-5-7-3-4-8-6/h5-8,11-12,15-17H,9-10,13-14,18H2,1-4H3;2-5,10-14,24H,6-9,15H2,1H3;8-9,14H,10-13H2,1-7H3;2-7H,8H2,1H3;2-4,11H,1H3;3-5H,2H2,1H3. The minimum atomic E-state index is -0.521. The van der Waals surface area contributed by atoms with Gasteiger partial charge in [0.15, 0.2) is 23.1 Å². The third kappa shape index (κ3) is 29.4. The summed E-state index contributed by atoms with van der Waals surface area (Å²) in [4.78, 5) is 107. The van der Waals surface area contributed by atoms with Crippen LogP contribution in [0.25, 0.3) is 22.3 Å². The van der Waals surface area contributed by atoms with Gasteiger partial charge in [-0.2, -0.15) is 0 Å². The van der Waals surface area contributed by atoms with Gasteiger partial charge in [-0.05, 0) is 310 Å². The smallest absolute Gasteiger partial charge is 0.494 e. The number of aromatic hydroxyl groups is 1. The molecule has 15 rings (SSSR count). The maximum absolute atomic E-state index is 12.6. The molecule has 127 heavy (non-hydrogen) atoms. The number of rotatable bonds is 17. The Morgan fingerprint density at radius 2 is 0.772 bits per heavy atom. The molecule has 11 aromatic rings. The summed E-state index contributed by atoms with van der Waals surface area (Å²) in [6, 6.07) is 40.3. The van der Waals surface area contributed by atoms with Crippen LogP contribution in [0.5, 0.6) is 23.0 Å². The van der Waals surface area contributed by atoms with E-state index in [0.717, 1.165) is 119 Å². The molecular weight excluding hydrogens is 1740 g/mol. The largest absolute Gasteiger partial charge is 0.507 e. The molecular formula is C99H112BBr2N11O14. The highest BCUT2D eigenvalue weighted by molar-refractivity contribution is 9.11. The molecule has 2 N–H and O–H groups in total. The number of amides is 2. The number of halogens is 2. The van der Waals surface area contributed by atoms with Crippen LogP contribution in [0.15, 0.2) is 211 Å². The normalized spacial score (nSPS) is 14.1. The number of ether oxygens (including phenoxy) is 5. The lowest BCUT2D eigenvalue weighted by Gasteiger charge is -2.32. The van der Waals surface area contributed by atoms with Gasteiger partial charge in [0.1, 0.15) is 54.0 Å². The number of phenols is 1. The summed E-state index contributed by atoms with van der Waals surface area (Å²) in [5, 5.41) is 12.5. The summed E-state index contributed by atoms with van der Waals surface area (Å²) < 4.78 is 42.5. The Morgan fingerprint density at radius 3 is 1.15 bits per heavy atom. The first-order chi connectivity index (χ1) is 60.5. The molecule has 0 aliphatic carbocycles. The van der Waals surface area contributed by atoms with Gasteiger partial charge in [0.2, 0.25) is 0 Å². The molecule has 2 amide bonds. The maximum Gasteiger partial charge on any atom is 0.494 e. The van der Waals surface area contributed by atoms with E-state index in [0.29, 0.717) is 77.6 Å². The monoisotopic (exact) mass is 1850 g/mol. The number of aromatic nitrogens is 8. The lowest BCUT2D eigenvalue weighted by atomic mass is 9.77. The zero-order valence-electron chi connectivity index (χ0n) is 74.9.